The lowest BCUT2D eigenvalue weighted by Gasteiger charge is -2.25. The van der Waals surface area contributed by atoms with Crippen LogP contribution in [0.5, 0.6) is 5.75 Å². The van der Waals surface area contributed by atoms with Crippen LogP contribution in [-0.2, 0) is 0 Å². The van der Waals surface area contributed by atoms with Crippen LogP contribution in [0.15, 0.2) is 30.3 Å². The van der Waals surface area contributed by atoms with Crippen LogP contribution in [0.1, 0.15) is 32.6 Å². The summed E-state index contributed by atoms with van der Waals surface area (Å²) >= 11 is 0. The molecule has 82 valence electrons. The highest BCUT2D eigenvalue weighted by Crippen LogP contribution is 2.28. The first-order valence-corrected chi connectivity index (χ1v) is 6.02. The molecule has 0 spiro atoms. The van der Waals surface area contributed by atoms with E-state index in [0.29, 0.717) is 0 Å². The van der Waals surface area contributed by atoms with Gasteiger partial charge in [-0.2, -0.15) is 0 Å². The van der Waals surface area contributed by atoms with Gasteiger partial charge in [-0.15, -0.1) is 0 Å². The van der Waals surface area contributed by atoms with Crippen molar-refractivity contribution in [1.29, 1.82) is 0 Å². The Morgan fingerprint density at radius 1 is 1.07 bits per heavy atom. The van der Waals surface area contributed by atoms with Crippen LogP contribution < -0.4 is 4.74 Å². The van der Waals surface area contributed by atoms with Crippen LogP contribution in [0.3, 0.4) is 0 Å². The van der Waals surface area contributed by atoms with Gasteiger partial charge in [-0.3, -0.25) is 0 Å². The maximum atomic E-state index is 5.78. The maximum absolute atomic E-state index is 5.78. The van der Waals surface area contributed by atoms with Gasteiger partial charge in [0.05, 0.1) is 6.61 Å². The van der Waals surface area contributed by atoms with Gasteiger partial charge in [-0.1, -0.05) is 38.0 Å². The molecule has 1 aliphatic rings. The van der Waals surface area contributed by atoms with E-state index in [-0.39, 0.29) is 0 Å². The van der Waals surface area contributed by atoms with Crippen molar-refractivity contribution >= 4 is 0 Å². The SMILES string of the molecule is CC1CCC(COc2ccccc2)CC1. The molecule has 1 aromatic rings. The lowest BCUT2D eigenvalue weighted by atomic mass is 9.83. The predicted molar refractivity (Wildman–Crippen MR) is 63.1 cm³/mol. The number of ether oxygens (including phenoxy) is 1. The molecule has 0 heterocycles. The summed E-state index contributed by atoms with van der Waals surface area (Å²) in [6.07, 6.45) is 5.44. The summed E-state index contributed by atoms with van der Waals surface area (Å²) in [4.78, 5) is 0. The average molecular weight is 204 g/mol. The van der Waals surface area contributed by atoms with Gasteiger partial charge >= 0.3 is 0 Å². The number of hydrogen-bond acceptors (Lipinski definition) is 1. The Morgan fingerprint density at radius 3 is 2.40 bits per heavy atom. The van der Waals surface area contributed by atoms with Gasteiger partial charge in [0.1, 0.15) is 5.75 Å². The molecule has 1 fully saturated rings. The monoisotopic (exact) mass is 204 g/mol. The number of benzene rings is 1. The van der Waals surface area contributed by atoms with E-state index in [2.05, 4.69) is 6.92 Å². The summed E-state index contributed by atoms with van der Waals surface area (Å²) in [5.74, 6) is 2.72. The summed E-state index contributed by atoms with van der Waals surface area (Å²) in [6, 6.07) is 10.1. The minimum atomic E-state index is 0.779. The van der Waals surface area contributed by atoms with Crippen molar-refractivity contribution in [2.45, 2.75) is 32.6 Å². The Labute approximate surface area is 92.5 Å². The van der Waals surface area contributed by atoms with Crippen molar-refractivity contribution in [2.75, 3.05) is 6.61 Å². The molecule has 0 bridgehead atoms. The molecule has 0 aliphatic heterocycles. The standard InChI is InChI=1S/C14H20O/c1-12-7-9-13(10-8-12)11-15-14-5-3-2-4-6-14/h2-6,12-13H,7-11H2,1H3. The highest BCUT2D eigenvalue weighted by molar-refractivity contribution is 5.20. The quantitative estimate of drug-likeness (QED) is 0.725. The van der Waals surface area contributed by atoms with E-state index in [4.69, 9.17) is 4.74 Å². The van der Waals surface area contributed by atoms with E-state index in [9.17, 15) is 0 Å². The van der Waals surface area contributed by atoms with Gasteiger partial charge in [0.15, 0.2) is 0 Å². The zero-order valence-electron chi connectivity index (χ0n) is 9.49. The second-order valence-corrected chi connectivity index (χ2v) is 4.75. The van der Waals surface area contributed by atoms with Crippen LogP contribution in [0.2, 0.25) is 0 Å². The molecule has 1 saturated carbocycles. The first-order valence-electron chi connectivity index (χ1n) is 6.02. The minimum Gasteiger partial charge on any atom is -0.493 e. The zero-order valence-corrected chi connectivity index (χ0v) is 9.49. The van der Waals surface area contributed by atoms with Crippen molar-refractivity contribution in [3.63, 3.8) is 0 Å². The van der Waals surface area contributed by atoms with Crippen molar-refractivity contribution in [1.82, 2.24) is 0 Å². The zero-order chi connectivity index (χ0) is 10.5. The normalized spacial score (nSPS) is 26.2. The molecular formula is C14H20O. The van der Waals surface area contributed by atoms with Gasteiger partial charge < -0.3 is 4.74 Å². The fourth-order valence-corrected chi connectivity index (χ4v) is 2.23. The van der Waals surface area contributed by atoms with Gasteiger partial charge in [0.2, 0.25) is 0 Å². The van der Waals surface area contributed by atoms with E-state index in [1.807, 2.05) is 30.3 Å². The third-order valence-electron chi connectivity index (χ3n) is 3.36. The van der Waals surface area contributed by atoms with Crippen LogP contribution in [0.4, 0.5) is 0 Å². The Morgan fingerprint density at radius 2 is 1.73 bits per heavy atom. The highest BCUT2D eigenvalue weighted by Gasteiger charge is 2.18. The van der Waals surface area contributed by atoms with Crippen LogP contribution in [0, 0.1) is 11.8 Å². The molecule has 1 nitrogen and oxygen atoms in total. The van der Waals surface area contributed by atoms with Crippen molar-refractivity contribution < 1.29 is 4.74 Å². The molecule has 0 radical (unpaired) electrons. The summed E-state index contributed by atoms with van der Waals surface area (Å²) in [7, 11) is 0. The minimum absolute atomic E-state index is 0.779. The molecule has 1 aliphatic carbocycles. The van der Waals surface area contributed by atoms with Crippen molar-refractivity contribution in [3.05, 3.63) is 30.3 Å². The number of para-hydroxylation sites is 1. The molecule has 1 aromatic carbocycles. The summed E-state index contributed by atoms with van der Waals surface area (Å²) < 4.78 is 5.78. The Balaban J connectivity index is 1.74. The Hall–Kier alpha value is -0.980. The van der Waals surface area contributed by atoms with Gasteiger partial charge in [-0.25, -0.2) is 0 Å². The van der Waals surface area contributed by atoms with E-state index in [1.54, 1.807) is 0 Å². The van der Waals surface area contributed by atoms with Crippen LogP contribution >= 0.6 is 0 Å². The molecule has 0 atom stereocenters. The van der Waals surface area contributed by atoms with Gasteiger partial charge in [0, 0.05) is 0 Å². The lowest BCUT2D eigenvalue weighted by Crippen LogP contribution is -2.18. The summed E-state index contributed by atoms with van der Waals surface area (Å²) in [5, 5.41) is 0. The summed E-state index contributed by atoms with van der Waals surface area (Å²) in [6.45, 7) is 3.25. The first kappa shape index (κ1) is 10.5. The largest absolute Gasteiger partial charge is 0.493 e. The fourth-order valence-electron chi connectivity index (χ4n) is 2.23. The molecular weight excluding hydrogens is 184 g/mol. The second kappa shape index (κ2) is 5.20. The van der Waals surface area contributed by atoms with Gasteiger partial charge in [0.25, 0.3) is 0 Å². The Bertz CT molecular complexity index is 273. The van der Waals surface area contributed by atoms with Crippen LogP contribution in [0.25, 0.3) is 0 Å². The van der Waals surface area contributed by atoms with Gasteiger partial charge in [-0.05, 0) is 36.8 Å². The molecule has 0 aromatic heterocycles. The molecule has 0 unspecified atom stereocenters. The predicted octanol–water partition coefficient (Wildman–Crippen LogP) is 3.89. The third kappa shape index (κ3) is 3.26. The topological polar surface area (TPSA) is 9.23 Å². The lowest BCUT2D eigenvalue weighted by molar-refractivity contribution is 0.188. The highest BCUT2D eigenvalue weighted by atomic mass is 16.5. The molecule has 2 rings (SSSR count). The van der Waals surface area contributed by atoms with E-state index >= 15 is 0 Å². The van der Waals surface area contributed by atoms with Crippen molar-refractivity contribution in [2.24, 2.45) is 11.8 Å². The van der Waals surface area contributed by atoms with E-state index < -0.39 is 0 Å². The smallest absolute Gasteiger partial charge is 0.119 e. The van der Waals surface area contributed by atoms with Crippen molar-refractivity contribution in [3.8, 4) is 5.75 Å². The molecule has 1 heteroatoms. The molecule has 0 saturated heterocycles. The van der Waals surface area contributed by atoms with E-state index in [1.165, 1.54) is 25.7 Å². The molecule has 15 heavy (non-hydrogen) atoms. The average Bonchev–Trinajstić information content (AvgIpc) is 2.30. The number of rotatable bonds is 3. The molecule has 0 N–H and O–H groups in total. The van der Waals surface area contributed by atoms with E-state index in [0.717, 1.165) is 24.2 Å². The fraction of sp³-hybridized carbons (Fsp3) is 0.571. The molecule has 0 amide bonds. The maximum Gasteiger partial charge on any atom is 0.119 e. The first-order chi connectivity index (χ1) is 7.34. The van der Waals surface area contributed by atoms with Crippen LogP contribution in [-0.4, -0.2) is 6.61 Å². The summed E-state index contributed by atoms with van der Waals surface area (Å²) in [5.41, 5.74) is 0. The third-order valence-corrected chi connectivity index (χ3v) is 3.36. The second-order valence-electron chi connectivity index (χ2n) is 4.75. The Kier molecular flexibility index (Phi) is 3.65. The number of hydrogen-bond donors (Lipinski definition) is 0.